The molecule has 2 N–H and O–H groups in total. The zero-order valence-electron chi connectivity index (χ0n) is 16.1. The minimum absolute atomic E-state index is 0.0303. The first-order valence-corrected chi connectivity index (χ1v) is 11.0. The lowest BCUT2D eigenvalue weighted by Crippen LogP contribution is -2.41. The van der Waals surface area contributed by atoms with Crippen LogP contribution in [0.15, 0.2) is 53.4 Å². The summed E-state index contributed by atoms with van der Waals surface area (Å²) in [6.07, 6.45) is 4.35. The monoisotopic (exact) mass is 402 g/mol. The van der Waals surface area contributed by atoms with Crippen molar-refractivity contribution in [3.8, 4) is 5.75 Å². The van der Waals surface area contributed by atoms with Crippen molar-refractivity contribution in [3.05, 3.63) is 54.1 Å². The van der Waals surface area contributed by atoms with Gasteiger partial charge in [0.25, 0.3) is 15.9 Å². The molecule has 0 saturated heterocycles. The van der Waals surface area contributed by atoms with Crippen LogP contribution in [0.5, 0.6) is 5.75 Å². The van der Waals surface area contributed by atoms with Crippen LogP contribution in [0.3, 0.4) is 0 Å². The summed E-state index contributed by atoms with van der Waals surface area (Å²) >= 11 is 0. The summed E-state index contributed by atoms with van der Waals surface area (Å²) in [6.45, 7) is 2.14. The van der Waals surface area contributed by atoms with Gasteiger partial charge in [0.05, 0.1) is 17.7 Å². The molecule has 7 heteroatoms. The highest BCUT2D eigenvalue weighted by atomic mass is 32.2. The Kier molecular flexibility index (Phi) is 6.24. The molecule has 150 valence electrons. The minimum atomic E-state index is -3.86. The standard InChI is InChI=1S/C21H26N2O4S/c1-15-8-3-4-11-18(15)22-21(24)16-9-7-10-17(14-16)28(25,26)23-19-12-5-6-13-20(19)27-2/h5-7,9-10,12-15,18,23H,3-4,8,11H2,1-2H3,(H,22,24)/t15-,18-/m1/s1. The fourth-order valence-corrected chi connectivity index (χ4v) is 4.64. The first-order chi connectivity index (χ1) is 13.4. The van der Waals surface area contributed by atoms with E-state index in [9.17, 15) is 13.2 Å². The highest BCUT2D eigenvalue weighted by Gasteiger charge is 2.24. The van der Waals surface area contributed by atoms with Crippen molar-refractivity contribution in [1.82, 2.24) is 5.32 Å². The zero-order valence-corrected chi connectivity index (χ0v) is 17.0. The van der Waals surface area contributed by atoms with Gasteiger partial charge in [0.15, 0.2) is 0 Å². The Bertz CT molecular complexity index is 943. The van der Waals surface area contributed by atoms with Crippen molar-refractivity contribution >= 4 is 21.6 Å². The number of nitrogens with one attached hydrogen (secondary N) is 2. The summed E-state index contributed by atoms with van der Waals surface area (Å²) in [6, 6.07) is 13.0. The van der Waals surface area contributed by atoms with Crippen LogP contribution in [0.25, 0.3) is 0 Å². The molecule has 0 aliphatic heterocycles. The molecule has 28 heavy (non-hydrogen) atoms. The number of methoxy groups -OCH3 is 1. The summed E-state index contributed by atoms with van der Waals surface area (Å²) in [7, 11) is -2.38. The van der Waals surface area contributed by atoms with E-state index in [1.165, 1.54) is 25.7 Å². The van der Waals surface area contributed by atoms with Crippen molar-refractivity contribution < 1.29 is 17.9 Å². The van der Waals surface area contributed by atoms with Crippen LogP contribution in [0, 0.1) is 5.92 Å². The van der Waals surface area contributed by atoms with Gasteiger partial charge in [0.2, 0.25) is 0 Å². The van der Waals surface area contributed by atoms with Gasteiger partial charge in [-0.3, -0.25) is 9.52 Å². The third kappa shape index (κ3) is 4.65. The van der Waals surface area contributed by atoms with Crippen LogP contribution >= 0.6 is 0 Å². The van der Waals surface area contributed by atoms with Gasteiger partial charge in [-0.05, 0) is 49.1 Å². The Morgan fingerprint density at radius 3 is 2.57 bits per heavy atom. The van der Waals surface area contributed by atoms with Crippen LogP contribution in [0.1, 0.15) is 43.0 Å². The van der Waals surface area contributed by atoms with Gasteiger partial charge in [0, 0.05) is 11.6 Å². The van der Waals surface area contributed by atoms with Gasteiger partial charge in [-0.1, -0.05) is 38.0 Å². The number of hydrogen-bond acceptors (Lipinski definition) is 4. The van der Waals surface area contributed by atoms with Gasteiger partial charge in [-0.2, -0.15) is 0 Å². The topological polar surface area (TPSA) is 84.5 Å². The molecule has 3 rings (SSSR count). The Labute approximate surface area is 166 Å². The molecule has 0 unspecified atom stereocenters. The molecule has 1 saturated carbocycles. The van der Waals surface area contributed by atoms with E-state index in [1.54, 1.807) is 36.4 Å². The SMILES string of the molecule is COc1ccccc1NS(=O)(=O)c1cccc(C(=O)N[C@@H]2CCCC[C@H]2C)c1. The molecule has 2 atom stereocenters. The van der Waals surface area contributed by atoms with Crippen LogP contribution in [0.4, 0.5) is 5.69 Å². The van der Waals surface area contributed by atoms with Gasteiger partial charge < -0.3 is 10.1 Å². The number of carbonyl (C=O) groups is 1. The molecule has 1 amide bonds. The van der Waals surface area contributed by atoms with Crippen molar-refractivity contribution in [3.63, 3.8) is 0 Å². The number of carbonyl (C=O) groups excluding carboxylic acids is 1. The predicted molar refractivity (Wildman–Crippen MR) is 109 cm³/mol. The van der Waals surface area contributed by atoms with Crippen molar-refractivity contribution in [2.75, 3.05) is 11.8 Å². The Morgan fingerprint density at radius 2 is 1.82 bits per heavy atom. The Hall–Kier alpha value is -2.54. The van der Waals surface area contributed by atoms with E-state index in [4.69, 9.17) is 4.74 Å². The lowest BCUT2D eigenvalue weighted by molar-refractivity contribution is 0.0910. The quantitative estimate of drug-likeness (QED) is 0.770. The number of ether oxygens (including phenoxy) is 1. The third-order valence-electron chi connectivity index (χ3n) is 5.19. The fourth-order valence-electron chi connectivity index (χ4n) is 3.52. The van der Waals surface area contributed by atoms with E-state index in [1.807, 2.05) is 0 Å². The number of para-hydroxylation sites is 2. The Morgan fingerprint density at radius 1 is 1.07 bits per heavy atom. The van der Waals surface area contributed by atoms with Gasteiger partial charge in [-0.25, -0.2) is 8.42 Å². The summed E-state index contributed by atoms with van der Waals surface area (Å²) in [5.74, 6) is 0.608. The highest BCUT2D eigenvalue weighted by Crippen LogP contribution is 2.27. The lowest BCUT2D eigenvalue weighted by Gasteiger charge is -2.29. The molecule has 6 nitrogen and oxygen atoms in total. The maximum absolute atomic E-state index is 12.8. The number of benzene rings is 2. The molecule has 1 aliphatic carbocycles. The summed E-state index contributed by atoms with van der Waals surface area (Å²) in [4.78, 5) is 12.7. The smallest absolute Gasteiger partial charge is 0.262 e. The second kappa shape index (κ2) is 8.65. The second-order valence-electron chi connectivity index (χ2n) is 7.18. The van der Waals surface area contributed by atoms with Crippen LogP contribution < -0.4 is 14.8 Å². The molecule has 1 aliphatic rings. The summed E-state index contributed by atoms with van der Waals surface area (Å²) in [5, 5.41) is 3.06. The predicted octanol–water partition coefficient (Wildman–Crippen LogP) is 3.80. The largest absolute Gasteiger partial charge is 0.495 e. The third-order valence-corrected chi connectivity index (χ3v) is 6.55. The molecule has 0 aromatic heterocycles. The van der Waals surface area contributed by atoms with Crippen molar-refractivity contribution in [1.29, 1.82) is 0 Å². The minimum Gasteiger partial charge on any atom is -0.495 e. The number of amides is 1. The average molecular weight is 403 g/mol. The summed E-state index contributed by atoms with van der Waals surface area (Å²) in [5.41, 5.74) is 0.677. The van der Waals surface area contributed by atoms with E-state index < -0.39 is 10.0 Å². The van der Waals surface area contributed by atoms with E-state index in [0.717, 1.165) is 19.3 Å². The molecule has 1 fully saturated rings. The van der Waals surface area contributed by atoms with E-state index in [0.29, 0.717) is 22.9 Å². The first-order valence-electron chi connectivity index (χ1n) is 9.47. The zero-order chi connectivity index (χ0) is 20.1. The van der Waals surface area contributed by atoms with E-state index in [-0.39, 0.29) is 16.8 Å². The van der Waals surface area contributed by atoms with Crippen LogP contribution in [-0.4, -0.2) is 27.5 Å². The maximum Gasteiger partial charge on any atom is 0.262 e. The van der Waals surface area contributed by atoms with Crippen molar-refractivity contribution in [2.45, 2.75) is 43.5 Å². The highest BCUT2D eigenvalue weighted by molar-refractivity contribution is 7.92. The average Bonchev–Trinajstić information content (AvgIpc) is 2.70. The molecular formula is C21H26N2O4S. The van der Waals surface area contributed by atoms with Crippen molar-refractivity contribution in [2.24, 2.45) is 5.92 Å². The molecule has 0 bridgehead atoms. The number of sulfonamides is 1. The van der Waals surface area contributed by atoms with Gasteiger partial charge in [0.1, 0.15) is 5.75 Å². The number of anilines is 1. The number of hydrogen-bond donors (Lipinski definition) is 2. The number of rotatable bonds is 6. The first kappa shape index (κ1) is 20.2. The molecule has 0 spiro atoms. The van der Waals surface area contributed by atoms with Crippen LogP contribution in [0.2, 0.25) is 0 Å². The molecular weight excluding hydrogens is 376 g/mol. The summed E-state index contributed by atoms with van der Waals surface area (Å²) < 4.78 is 33.3. The van der Waals surface area contributed by atoms with Crippen LogP contribution in [-0.2, 0) is 10.0 Å². The molecule has 0 heterocycles. The van der Waals surface area contributed by atoms with Gasteiger partial charge in [-0.15, -0.1) is 0 Å². The lowest BCUT2D eigenvalue weighted by atomic mass is 9.86. The fraction of sp³-hybridized carbons (Fsp3) is 0.381. The maximum atomic E-state index is 12.8. The molecule has 2 aromatic carbocycles. The normalized spacial score (nSPS) is 19.6. The van der Waals surface area contributed by atoms with Gasteiger partial charge >= 0.3 is 0 Å². The van der Waals surface area contributed by atoms with E-state index in [2.05, 4.69) is 17.0 Å². The molecule has 0 radical (unpaired) electrons. The molecule has 2 aromatic rings. The Balaban J connectivity index is 1.78. The van der Waals surface area contributed by atoms with E-state index >= 15 is 0 Å². The second-order valence-corrected chi connectivity index (χ2v) is 8.86.